The van der Waals surface area contributed by atoms with Crippen molar-refractivity contribution in [1.29, 1.82) is 0 Å². The lowest BCUT2D eigenvalue weighted by Crippen LogP contribution is -2.09. The molecule has 0 saturated heterocycles. The molecule has 0 unspecified atom stereocenters. The van der Waals surface area contributed by atoms with Crippen LogP contribution in [0.5, 0.6) is 0 Å². The molecule has 2 rings (SSSR count). The molecule has 0 bridgehead atoms. The van der Waals surface area contributed by atoms with Crippen LogP contribution < -0.4 is 0 Å². The molecule has 1 aromatic heterocycles. The fourth-order valence-electron chi connectivity index (χ4n) is 1.66. The summed E-state index contributed by atoms with van der Waals surface area (Å²) in [5.74, 6) is 0.277. The minimum Gasteiger partial charge on any atom is -0.356 e. The van der Waals surface area contributed by atoms with Crippen molar-refractivity contribution >= 4 is 5.78 Å². The molecule has 58 valence electrons. The van der Waals surface area contributed by atoms with Gasteiger partial charge in [-0.3, -0.25) is 4.79 Å². The van der Waals surface area contributed by atoms with E-state index in [-0.39, 0.29) is 5.78 Å². The van der Waals surface area contributed by atoms with Crippen LogP contribution in [0.25, 0.3) is 0 Å². The van der Waals surface area contributed by atoms with Crippen molar-refractivity contribution in [2.75, 3.05) is 0 Å². The molecule has 1 aromatic rings. The van der Waals surface area contributed by atoms with Gasteiger partial charge in [-0.2, -0.15) is 0 Å². The van der Waals surface area contributed by atoms with Crippen molar-refractivity contribution < 1.29 is 4.79 Å². The molecule has 0 radical (unpaired) electrons. The molecule has 0 saturated carbocycles. The van der Waals surface area contributed by atoms with Gasteiger partial charge >= 0.3 is 0 Å². The Hall–Kier alpha value is -1.05. The van der Waals surface area contributed by atoms with Gasteiger partial charge in [0.15, 0.2) is 5.78 Å². The number of Topliss-reactive ketones (excluding diaryl/α,β-unsaturated/α-hetero) is 1. The first-order chi connectivity index (χ1) is 5.27. The van der Waals surface area contributed by atoms with Crippen molar-refractivity contribution in [3.63, 3.8) is 0 Å². The van der Waals surface area contributed by atoms with Crippen LogP contribution in [0.2, 0.25) is 0 Å². The number of hydrogen-bond donors (Lipinski definition) is 1. The zero-order valence-corrected chi connectivity index (χ0v) is 6.61. The number of hydrogen-bond acceptors (Lipinski definition) is 1. The maximum absolute atomic E-state index is 11.3. The summed E-state index contributed by atoms with van der Waals surface area (Å²) in [6, 6.07) is 2.08. The smallest absolute Gasteiger partial charge is 0.179 e. The molecule has 2 heteroatoms. The van der Waals surface area contributed by atoms with Crippen LogP contribution in [-0.2, 0) is 6.42 Å². The summed E-state index contributed by atoms with van der Waals surface area (Å²) < 4.78 is 0. The minimum absolute atomic E-state index is 0.277. The zero-order chi connectivity index (χ0) is 7.84. The number of nitrogens with one attached hydrogen (secondary N) is 1. The Kier molecular flexibility index (Phi) is 1.34. The molecule has 0 aliphatic heterocycles. The average molecular weight is 149 g/mol. The average Bonchev–Trinajstić information content (AvgIpc) is 2.31. The highest BCUT2D eigenvalue weighted by atomic mass is 16.1. The Bertz CT molecular complexity index is 299. The number of H-pyrrole nitrogens is 1. The Morgan fingerprint density at radius 3 is 3.00 bits per heavy atom. The van der Waals surface area contributed by atoms with Crippen molar-refractivity contribution in [3.05, 3.63) is 23.0 Å². The van der Waals surface area contributed by atoms with E-state index in [1.165, 1.54) is 5.56 Å². The monoisotopic (exact) mass is 149 g/mol. The van der Waals surface area contributed by atoms with E-state index in [9.17, 15) is 4.79 Å². The van der Waals surface area contributed by atoms with E-state index in [4.69, 9.17) is 0 Å². The summed E-state index contributed by atoms with van der Waals surface area (Å²) in [7, 11) is 0. The number of aryl methyl sites for hydroxylation is 2. The quantitative estimate of drug-likeness (QED) is 0.599. The number of rotatable bonds is 0. The Balaban J connectivity index is 2.52. The standard InChI is InChI=1S/C9H11NO/c1-6-5-7-3-2-4-8(11)9(7)10-6/h5,10H,2-4H2,1H3. The van der Waals surface area contributed by atoms with Crippen LogP contribution in [0, 0.1) is 6.92 Å². The molecule has 0 amide bonds. The lowest BCUT2D eigenvalue weighted by molar-refractivity contribution is 0.0968. The van der Waals surface area contributed by atoms with Crippen molar-refractivity contribution in [3.8, 4) is 0 Å². The van der Waals surface area contributed by atoms with E-state index < -0.39 is 0 Å². The van der Waals surface area contributed by atoms with E-state index >= 15 is 0 Å². The van der Waals surface area contributed by atoms with E-state index in [1.54, 1.807) is 0 Å². The Morgan fingerprint density at radius 2 is 2.27 bits per heavy atom. The molecular weight excluding hydrogens is 138 g/mol. The van der Waals surface area contributed by atoms with Crippen LogP contribution in [0.1, 0.15) is 34.6 Å². The van der Waals surface area contributed by atoms with Crippen LogP contribution in [0.3, 0.4) is 0 Å². The lowest BCUT2D eigenvalue weighted by Gasteiger charge is -2.08. The van der Waals surface area contributed by atoms with Gasteiger partial charge in [0.1, 0.15) is 0 Å². The SMILES string of the molecule is Cc1cc2c([nH]1)C(=O)CCC2. The molecule has 1 heterocycles. The van der Waals surface area contributed by atoms with Gasteiger partial charge in [0.2, 0.25) is 0 Å². The second-order valence-electron chi connectivity index (χ2n) is 3.13. The third-order valence-corrected chi connectivity index (χ3v) is 2.16. The van der Waals surface area contributed by atoms with Crippen LogP contribution in [0.4, 0.5) is 0 Å². The van der Waals surface area contributed by atoms with Crippen molar-refractivity contribution in [2.24, 2.45) is 0 Å². The summed E-state index contributed by atoms with van der Waals surface area (Å²) in [6.45, 7) is 1.99. The van der Waals surface area contributed by atoms with Gasteiger partial charge in [-0.1, -0.05) is 0 Å². The fourth-order valence-corrected chi connectivity index (χ4v) is 1.66. The molecule has 0 atom stereocenters. The van der Waals surface area contributed by atoms with E-state index in [2.05, 4.69) is 11.1 Å². The van der Waals surface area contributed by atoms with E-state index in [0.29, 0.717) is 6.42 Å². The van der Waals surface area contributed by atoms with Gasteiger partial charge in [-0.15, -0.1) is 0 Å². The molecule has 0 aromatic carbocycles. The number of fused-ring (bicyclic) bond motifs is 1. The minimum atomic E-state index is 0.277. The number of carbonyl (C=O) groups excluding carboxylic acids is 1. The number of aromatic nitrogens is 1. The zero-order valence-electron chi connectivity index (χ0n) is 6.61. The maximum Gasteiger partial charge on any atom is 0.179 e. The van der Waals surface area contributed by atoms with Gasteiger partial charge < -0.3 is 4.98 Å². The molecule has 1 aliphatic rings. The number of ketones is 1. The molecule has 0 spiro atoms. The van der Waals surface area contributed by atoms with Crippen molar-refractivity contribution in [2.45, 2.75) is 26.2 Å². The topological polar surface area (TPSA) is 32.9 Å². The molecule has 0 fully saturated rings. The normalized spacial score (nSPS) is 16.6. The Labute approximate surface area is 65.6 Å². The van der Waals surface area contributed by atoms with Gasteiger partial charge in [-0.25, -0.2) is 0 Å². The summed E-state index contributed by atoms with van der Waals surface area (Å²) in [6.07, 6.45) is 2.79. The highest BCUT2D eigenvalue weighted by molar-refractivity contribution is 5.96. The number of carbonyl (C=O) groups is 1. The van der Waals surface area contributed by atoms with Crippen LogP contribution >= 0.6 is 0 Å². The Morgan fingerprint density at radius 1 is 1.45 bits per heavy atom. The van der Waals surface area contributed by atoms with E-state index in [1.807, 2.05) is 6.92 Å². The lowest BCUT2D eigenvalue weighted by atomic mass is 9.97. The molecule has 1 aliphatic carbocycles. The van der Waals surface area contributed by atoms with Crippen LogP contribution in [-0.4, -0.2) is 10.8 Å². The maximum atomic E-state index is 11.3. The van der Waals surface area contributed by atoms with Gasteiger partial charge in [0.25, 0.3) is 0 Å². The molecule has 2 nitrogen and oxygen atoms in total. The summed E-state index contributed by atoms with van der Waals surface area (Å²) in [5, 5.41) is 0. The molecular formula is C9H11NO. The second kappa shape index (κ2) is 2.22. The highest BCUT2D eigenvalue weighted by Crippen LogP contribution is 2.20. The first-order valence-corrected chi connectivity index (χ1v) is 3.99. The highest BCUT2D eigenvalue weighted by Gasteiger charge is 2.18. The van der Waals surface area contributed by atoms with E-state index in [0.717, 1.165) is 24.2 Å². The summed E-state index contributed by atoms with van der Waals surface area (Å²) >= 11 is 0. The molecule has 11 heavy (non-hydrogen) atoms. The first-order valence-electron chi connectivity index (χ1n) is 3.99. The molecule has 1 N–H and O–H groups in total. The second-order valence-corrected chi connectivity index (χ2v) is 3.13. The van der Waals surface area contributed by atoms with Gasteiger partial charge in [0.05, 0.1) is 5.69 Å². The summed E-state index contributed by atoms with van der Waals surface area (Å²) in [4.78, 5) is 14.4. The third kappa shape index (κ3) is 0.985. The van der Waals surface area contributed by atoms with Crippen LogP contribution in [0.15, 0.2) is 6.07 Å². The van der Waals surface area contributed by atoms with Crippen molar-refractivity contribution in [1.82, 2.24) is 4.98 Å². The summed E-state index contributed by atoms with van der Waals surface area (Å²) in [5.41, 5.74) is 3.16. The largest absolute Gasteiger partial charge is 0.356 e. The van der Waals surface area contributed by atoms with Gasteiger partial charge in [-0.05, 0) is 31.4 Å². The predicted octanol–water partition coefficient (Wildman–Crippen LogP) is 1.84. The van der Waals surface area contributed by atoms with Gasteiger partial charge in [0, 0.05) is 12.1 Å². The predicted molar refractivity (Wildman–Crippen MR) is 42.8 cm³/mol. The fraction of sp³-hybridized carbons (Fsp3) is 0.444. The number of aromatic amines is 1. The third-order valence-electron chi connectivity index (χ3n) is 2.16. The first kappa shape index (κ1) is 6.65.